The van der Waals surface area contributed by atoms with E-state index in [1.165, 1.54) is 32.1 Å². The van der Waals surface area contributed by atoms with Crippen LogP contribution in [-0.2, 0) is 9.53 Å². The van der Waals surface area contributed by atoms with E-state index in [9.17, 15) is 4.79 Å². The van der Waals surface area contributed by atoms with Crippen LogP contribution in [0.1, 0.15) is 57.8 Å². The molecular formula is C16H28N2O2. The van der Waals surface area contributed by atoms with E-state index < -0.39 is 0 Å². The smallest absolute Gasteiger partial charge is 0.246 e. The summed E-state index contributed by atoms with van der Waals surface area (Å²) in [7, 11) is 0. The van der Waals surface area contributed by atoms with Crippen LogP contribution in [0.3, 0.4) is 0 Å². The van der Waals surface area contributed by atoms with E-state index in [2.05, 4.69) is 10.2 Å². The Kier molecular flexibility index (Phi) is 4.94. The van der Waals surface area contributed by atoms with Gasteiger partial charge in [0, 0.05) is 25.2 Å². The number of likely N-dealkylation sites (tertiary alicyclic amines) is 1. The molecule has 4 nitrogen and oxygen atoms in total. The maximum absolute atomic E-state index is 11.9. The van der Waals surface area contributed by atoms with Crippen molar-refractivity contribution >= 4 is 5.91 Å². The Morgan fingerprint density at radius 2 is 1.70 bits per heavy atom. The molecule has 3 fully saturated rings. The first kappa shape index (κ1) is 14.3. The third-order valence-electron chi connectivity index (χ3n) is 4.96. The molecule has 0 radical (unpaired) electrons. The summed E-state index contributed by atoms with van der Waals surface area (Å²) >= 11 is 0. The van der Waals surface area contributed by atoms with Gasteiger partial charge in [-0.3, -0.25) is 4.79 Å². The van der Waals surface area contributed by atoms with Crippen LogP contribution >= 0.6 is 0 Å². The zero-order valence-corrected chi connectivity index (χ0v) is 12.5. The molecular weight excluding hydrogens is 252 g/mol. The summed E-state index contributed by atoms with van der Waals surface area (Å²) in [6, 6.07) is 1.23. The Balaban J connectivity index is 1.30. The third-order valence-corrected chi connectivity index (χ3v) is 4.96. The minimum atomic E-state index is 0.0837. The van der Waals surface area contributed by atoms with Crippen LogP contribution in [0.4, 0.5) is 0 Å². The second kappa shape index (κ2) is 6.90. The van der Waals surface area contributed by atoms with Crippen molar-refractivity contribution in [2.24, 2.45) is 0 Å². The van der Waals surface area contributed by atoms with Crippen molar-refractivity contribution in [3.8, 4) is 0 Å². The van der Waals surface area contributed by atoms with Gasteiger partial charge in [-0.25, -0.2) is 0 Å². The first-order valence-corrected chi connectivity index (χ1v) is 8.46. The van der Waals surface area contributed by atoms with E-state index >= 15 is 0 Å². The van der Waals surface area contributed by atoms with E-state index in [-0.39, 0.29) is 12.5 Å². The highest BCUT2D eigenvalue weighted by Gasteiger charge is 2.32. The van der Waals surface area contributed by atoms with Crippen LogP contribution in [0.25, 0.3) is 0 Å². The van der Waals surface area contributed by atoms with Gasteiger partial charge in [-0.05, 0) is 38.5 Å². The van der Waals surface area contributed by atoms with Crippen molar-refractivity contribution in [1.29, 1.82) is 0 Å². The highest BCUT2D eigenvalue weighted by molar-refractivity contribution is 5.77. The molecule has 0 spiro atoms. The van der Waals surface area contributed by atoms with Gasteiger partial charge in [-0.1, -0.05) is 19.3 Å². The van der Waals surface area contributed by atoms with Crippen LogP contribution in [0.5, 0.6) is 0 Å². The largest absolute Gasteiger partial charge is 0.368 e. The van der Waals surface area contributed by atoms with E-state index in [1.807, 2.05) is 0 Å². The molecule has 0 unspecified atom stereocenters. The molecule has 1 heterocycles. The van der Waals surface area contributed by atoms with Crippen molar-refractivity contribution in [2.45, 2.75) is 76.0 Å². The number of ether oxygens (including phenoxy) is 1. The number of piperidine rings is 1. The summed E-state index contributed by atoms with van der Waals surface area (Å²) in [5.41, 5.74) is 0. The molecule has 0 atom stereocenters. The van der Waals surface area contributed by atoms with Crippen LogP contribution in [0.15, 0.2) is 0 Å². The summed E-state index contributed by atoms with van der Waals surface area (Å²) in [6.45, 7) is 2.56. The van der Waals surface area contributed by atoms with Gasteiger partial charge in [0.2, 0.25) is 5.91 Å². The number of amides is 1. The fourth-order valence-corrected chi connectivity index (χ4v) is 3.54. The maximum Gasteiger partial charge on any atom is 0.246 e. The number of nitrogens with one attached hydrogen (secondary N) is 1. The van der Waals surface area contributed by atoms with E-state index in [4.69, 9.17) is 4.74 Å². The maximum atomic E-state index is 11.9. The molecule has 114 valence electrons. The van der Waals surface area contributed by atoms with Gasteiger partial charge in [0.1, 0.15) is 6.61 Å². The third kappa shape index (κ3) is 4.19. The first-order valence-electron chi connectivity index (χ1n) is 8.46. The van der Waals surface area contributed by atoms with Crippen LogP contribution in [0.2, 0.25) is 0 Å². The van der Waals surface area contributed by atoms with Gasteiger partial charge in [-0.15, -0.1) is 0 Å². The lowest BCUT2D eigenvalue weighted by Gasteiger charge is -2.32. The summed E-state index contributed by atoms with van der Waals surface area (Å²) in [4.78, 5) is 14.5. The Morgan fingerprint density at radius 1 is 1.00 bits per heavy atom. The Bertz CT molecular complexity index is 316. The lowest BCUT2D eigenvalue weighted by atomic mass is 9.98. The standard InChI is InChI=1S/C16H28N2O2/c19-16(12-20-15-4-2-1-3-5-15)17-13-8-10-18(11-9-13)14-6-7-14/h13-15H,1-12H2,(H,17,19). The van der Waals surface area contributed by atoms with Crippen molar-refractivity contribution in [1.82, 2.24) is 10.2 Å². The normalized spacial score (nSPS) is 26.6. The zero-order chi connectivity index (χ0) is 13.8. The minimum Gasteiger partial charge on any atom is -0.368 e. The van der Waals surface area contributed by atoms with Crippen LogP contribution in [0, 0.1) is 0 Å². The van der Waals surface area contributed by atoms with Crippen molar-refractivity contribution in [3.63, 3.8) is 0 Å². The van der Waals surface area contributed by atoms with Crippen molar-refractivity contribution in [3.05, 3.63) is 0 Å². The molecule has 1 N–H and O–H groups in total. The molecule has 0 aromatic carbocycles. The van der Waals surface area contributed by atoms with Gasteiger partial charge < -0.3 is 15.0 Å². The van der Waals surface area contributed by atoms with Gasteiger partial charge in [0.05, 0.1) is 6.10 Å². The summed E-state index contributed by atoms with van der Waals surface area (Å²) in [5, 5.41) is 3.15. The van der Waals surface area contributed by atoms with Crippen molar-refractivity contribution in [2.75, 3.05) is 19.7 Å². The Hall–Kier alpha value is -0.610. The molecule has 0 bridgehead atoms. The zero-order valence-electron chi connectivity index (χ0n) is 12.5. The number of hydrogen-bond acceptors (Lipinski definition) is 3. The molecule has 3 rings (SSSR count). The molecule has 4 heteroatoms. The second-order valence-electron chi connectivity index (χ2n) is 6.68. The van der Waals surface area contributed by atoms with E-state index in [0.29, 0.717) is 12.1 Å². The average molecular weight is 280 g/mol. The summed E-state index contributed by atoms with van der Waals surface area (Å²) in [5.74, 6) is 0.0837. The van der Waals surface area contributed by atoms with Crippen LogP contribution in [-0.4, -0.2) is 48.7 Å². The second-order valence-corrected chi connectivity index (χ2v) is 6.68. The fraction of sp³-hybridized carbons (Fsp3) is 0.938. The van der Waals surface area contributed by atoms with E-state index in [1.54, 1.807) is 0 Å². The summed E-state index contributed by atoms with van der Waals surface area (Å²) < 4.78 is 5.73. The van der Waals surface area contributed by atoms with Gasteiger partial charge >= 0.3 is 0 Å². The van der Waals surface area contributed by atoms with Gasteiger partial charge in [-0.2, -0.15) is 0 Å². The fourth-order valence-electron chi connectivity index (χ4n) is 3.54. The molecule has 1 aliphatic heterocycles. The number of hydrogen-bond donors (Lipinski definition) is 1. The topological polar surface area (TPSA) is 41.6 Å². The molecule has 20 heavy (non-hydrogen) atoms. The number of rotatable bonds is 5. The highest BCUT2D eigenvalue weighted by atomic mass is 16.5. The highest BCUT2D eigenvalue weighted by Crippen LogP contribution is 2.29. The molecule has 1 amide bonds. The first-order chi connectivity index (χ1) is 9.81. The molecule has 0 aromatic rings. The predicted octanol–water partition coefficient (Wildman–Crippen LogP) is 2.08. The van der Waals surface area contributed by atoms with Crippen molar-refractivity contribution < 1.29 is 9.53 Å². The molecule has 2 saturated carbocycles. The molecule has 2 aliphatic carbocycles. The predicted molar refractivity (Wildman–Crippen MR) is 78.6 cm³/mol. The SMILES string of the molecule is O=C(COC1CCCCC1)NC1CCN(C2CC2)CC1. The molecule has 3 aliphatic rings. The number of nitrogens with zero attached hydrogens (tertiary/aromatic N) is 1. The summed E-state index contributed by atoms with van der Waals surface area (Å²) in [6.07, 6.45) is 11.4. The Labute approximate surface area is 122 Å². The minimum absolute atomic E-state index is 0.0837. The quantitative estimate of drug-likeness (QED) is 0.838. The van der Waals surface area contributed by atoms with E-state index in [0.717, 1.165) is 44.8 Å². The average Bonchev–Trinajstić information content (AvgIpc) is 3.32. The lowest BCUT2D eigenvalue weighted by molar-refractivity contribution is -0.129. The molecule has 0 aromatic heterocycles. The van der Waals surface area contributed by atoms with Gasteiger partial charge in [0.25, 0.3) is 0 Å². The number of carbonyl (C=O) groups is 1. The lowest BCUT2D eigenvalue weighted by Crippen LogP contribution is -2.46. The number of carbonyl (C=O) groups excluding carboxylic acids is 1. The van der Waals surface area contributed by atoms with Gasteiger partial charge in [0.15, 0.2) is 0 Å². The van der Waals surface area contributed by atoms with Crippen LogP contribution < -0.4 is 5.32 Å². The monoisotopic (exact) mass is 280 g/mol. The Morgan fingerprint density at radius 3 is 2.35 bits per heavy atom. The molecule has 1 saturated heterocycles.